The molecule has 1 saturated carbocycles. The third-order valence-electron chi connectivity index (χ3n) is 3.70. The van der Waals surface area contributed by atoms with Crippen LogP contribution in [0.15, 0.2) is 18.2 Å². The van der Waals surface area contributed by atoms with E-state index in [0.29, 0.717) is 5.56 Å². The van der Waals surface area contributed by atoms with Gasteiger partial charge < -0.3 is 10.1 Å². The molecule has 2 aliphatic rings. The Labute approximate surface area is 101 Å². The molecular formula is C14H17NO2. The molecule has 90 valence electrons. The Morgan fingerprint density at radius 2 is 2.12 bits per heavy atom. The summed E-state index contributed by atoms with van der Waals surface area (Å²) in [4.78, 5) is 12.1. The minimum atomic E-state index is -0.175. The summed E-state index contributed by atoms with van der Waals surface area (Å²) in [7, 11) is 0. The van der Waals surface area contributed by atoms with Gasteiger partial charge in [0.2, 0.25) is 0 Å². The highest BCUT2D eigenvalue weighted by Crippen LogP contribution is 2.31. The predicted octanol–water partition coefficient (Wildman–Crippen LogP) is 2.89. The van der Waals surface area contributed by atoms with Crippen molar-refractivity contribution >= 4 is 11.7 Å². The minimum absolute atomic E-state index is 0.0453. The quantitative estimate of drug-likeness (QED) is 0.698. The van der Waals surface area contributed by atoms with Gasteiger partial charge in [0.05, 0.1) is 11.6 Å². The molecule has 1 aliphatic carbocycles. The smallest absolute Gasteiger partial charge is 0.340 e. The van der Waals surface area contributed by atoms with Crippen LogP contribution in [0.5, 0.6) is 0 Å². The maximum atomic E-state index is 12.1. The Morgan fingerprint density at radius 1 is 1.29 bits per heavy atom. The first-order valence-corrected chi connectivity index (χ1v) is 6.32. The number of rotatable bonds is 0. The number of ether oxygens (including phenoxy) is 1. The number of carbonyl (C=O) groups is 1. The normalized spacial score (nSPS) is 27.2. The molecule has 1 aromatic carbocycles. The van der Waals surface area contributed by atoms with Crippen LogP contribution in [0.4, 0.5) is 5.69 Å². The van der Waals surface area contributed by atoms with Gasteiger partial charge in [-0.05, 0) is 38.3 Å². The molecule has 3 heteroatoms. The second kappa shape index (κ2) is 4.06. The third-order valence-corrected chi connectivity index (χ3v) is 3.70. The molecule has 1 fully saturated rings. The van der Waals surface area contributed by atoms with E-state index in [2.05, 4.69) is 5.32 Å². The van der Waals surface area contributed by atoms with Gasteiger partial charge in [-0.3, -0.25) is 0 Å². The fraction of sp³-hybridized carbons (Fsp3) is 0.500. The van der Waals surface area contributed by atoms with Gasteiger partial charge in [0, 0.05) is 5.69 Å². The molecule has 0 radical (unpaired) electrons. The third kappa shape index (κ3) is 1.90. The van der Waals surface area contributed by atoms with Crippen molar-refractivity contribution < 1.29 is 9.53 Å². The number of aryl methyl sites for hydroxylation is 1. The van der Waals surface area contributed by atoms with E-state index in [9.17, 15) is 4.79 Å². The van der Waals surface area contributed by atoms with E-state index in [0.717, 1.165) is 30.5 Å². The molecule has 3 rings (SSSR count). The van der Waals surface area contributed by atoms with Crippen molar-refractivity contribution in [1.82, 2.24) is 0 Å². The van der Waals surface area contributed by atoms with Crippen LogP contribution in [0.2, 0.25) is 0 Å². The topological polar surface area (TPSA) is 38.3 Å². The largest absolute Gasteiger partial charge is 0.457 e. The highest BCUT2D eigenvalue weighted by molar-refractivity contribution is 5.96. The molecule has 17 heavy (non-hydrogen) atoms. The Hall–Kier alpha value is -1.51. The lowest BCUT2D eigenvalue weighted by atomic mass is 9.92. The summed E-state index contributed by atoms with van der Waals surface area (Å²) < 4.78 is 5.60. The van der Waals surface area contributed by atoms with Crippen LogP contribution in [-0.2, 0) is 4.74 Å². The van der Waals surface area contributed by atoms with Crippen LogP contribution < -0.4 is 5.32 Å². The van der Waals surface area contributed by atoms with Crippen molar-refractivity contribution in [3.8, 4) is 0 Å². The zero-order chi connectivity index (χ0) is 11.8. The van der Waals surface area contributed by atoms with Crippen LogP contribution in [0, 0.1) is 6.92 Å². The first-order valence-electron chi connectivity index (χ1n) is 6.32. The number of benzene rings is 1. The van der Waals surface area contributed by atoms with Crippen LogP contribution in [-0.4, -0.2) is 18.1 Å². The predicted molar refractivity (Wildman–Crippen MR) is 66.3 cm³/mol. The molecule has 0 bridgehead atoms. The van der Waals surface area contributed by atoms with E-state index in [-0.39, 0.29) is 18.1 Å². The van der Waals surface area contributed by atoms with Crippen molar-refractivity contribution in [2.75, 3.05) is 5.32 Å². The lowest BCUT2D eigenvalue weighted by Crippen LogP contribution is -2.37. The first kappa shape index (κ1) is 10.6. The van der Waals surface area contributed by atoms with E-state index in [1.807, 2.05) is 25.1 Å². The SMILES string of the molecule is Cc1ccc2c(c1)C(=O)OC1CCCCC1N2. The van der Waals surface area contributed by atoms with Crippen molar-refractivity contribution in [3.05, 3.63) is 29.3 Å². The van der Waals surface area contributed by atoms with E-state index in [1.54, 1.807) is 0 Å². The summed E-state index contributed by atoms with van der Waals surface area (Å²) in [5.74, 6) is -0.175. The number of nitrogens with one attached hydrogen (secondary N) is 1. The zero-order valence-electron chi connectivity index (χ0n) is 10.0. The molecule has 0 aromatic heterocycles. The molecule has 1 N–H and O–H groups in total. The molecule has 3 nitrogen and oxygen atoms in total. The van der Waals surface area contributed by atoms with Gasteiger partial charge in [-0.25, -0.2) is 4.79 Å². The summed E-state index contributed by atoms with van der Waals surface area (Å²) in [6, 6.07) is 6.21. The average Bonchev–Trinajstić information content (AvgIpc) is 2.46. The van der Waals surface area contributed by atoms with Crippen LogP contribution >= 0.6 is 0 Å². The van der Waals surface area contributed by atoms with Crippen molar-refractivity contribution in [2.24, 2.45) is 0 Å². The Morgan fingerprint density at radius 3 is 3.00 bits per heavy atom. The molecule has 2 unspecified atom stereocenters. The fourth-order valence-corrected chi connectivity index (χ4v) is 2.76. The standard InChI is InChI=1S/C14H17NO2/c1-9-6-7-11-10(8-9)14(16)17-13-5-3-2-4-12(13)15-11/h6-8,12-13,15H,2-5H2,1H3. The minimum Gasteiger partial charge on any atom is -0.457 e. The Kier molecular flexibility index (Phi) is 2.54. The van der Waals surface area contributed by atoms with Gasteiger partial charge in [0.15, 0.2) is 0 Å². The summed E-state index contributed by atoms with van der Waals surface area (Å²) in [6.45, 7) is 1.99. The Balaban J connectivity index is 1.98. The number of hydrogen-bond acceptors (Lipinski definition) is 3. The maximum Gasteiger partial charge on any atom is 0.340 e. The molecule has 1 aromatic rings. The first-order chi connectivity index (χ1) is 8.24. The van der Waals surface area contributed by atoms with Gasteiger partial charge >= 0.3 is 5.97 Å². The highest BCUT2D eigenvalue weighted by Gasteiger charge is 2.32. The molecule has 1 heterocycles. The molecular weight excluding hydrogens is 214 g/mol. The van der Waals surface area contributed by atoms with E-state index < -0.39 is 0 Å². The van der Waals surface area contributed by atoms with Crippen LogP contribution in [0.3, 0.4) is 0 Å². The van der Waals surface area contributed by atoms with Gasteiger partial charge in [-0.2, -0.15) is 0 Å². The summed E-state index contributed by atoms with van der Waals surface area (Å²) in [5, 5.41) is 3.47. The monoisotopic (exact) mass is 231 g/mol. The molecule has 1 aliphatic heterocycles. The van der Waals surface area contributed by atoms with E-state index >= 15 is 0 Å². The second-order valence-electron chi connectivity index (χ2n) is 5.03. The number of carbonyl (C=O) groups excluding carboxylic acids is 1. The van der Waals surface area contributed by atoms with Crippen LogP contribution in [0.25, 0.3) is 0 Å². The highest BCUT2D eigenvalue weighted by atomic mass is 16.5. The van der Waals surface area contributed by atoms with Gasteiger partial charge in [0.25, 0.3) is 0 Å². The van der Waals surface area contributed by atoms with Crippen molar-refractivity contribution in [1.29, 1.82) is 0 Å². The van der Waals surface area contributed by atoms with Gasteiger partial charge in [-0.15, -0.1) is 0 Å². The zero-order valence-corrected chi connectivity index (χ0v) is 10.0. The van der Waals surface area contributed by atoms with Crippen molar-refractivity contribution in [2.45, 2.75) is 44.8 Å². The number of anilines is 1. The van der Waals surface area contributed by atoms with Gasteiger partial charge in [-0.1, -0.05) is 18.1 Å². The fourth-order valence-electron chi connectivity index (χ4n) is 2.76. The Bertz CT molecular complexity index is 456. The number of esters is 1. The summed E-state index contributed by atoms with van der Waals surface area (Å²) in [6.07, 6.45) is 4.49. The number of hydrogen-bond donors (Lipinski definition) is 1. The maximum absolute atomic E-state index is 12.1. The van der Waals surface area contributed by atoms with Crippen molar-refractivity contribution in [3.63, 3.8) is 0 Å². The van der Waals surface area contributed by atoms with Gasteiger partial charge in [0.1, 0.15) is 6.10 Å². The molecule has 0 amide bonds. The average molecular weight is 231 g/mol. The lowest BCUT2D eigenvalue weighted by molar-refractivity contribution is 0.0194. The van der Waals surface area contributed by atoms with E-state index in [4.69, 9.17) is 4.74 Å². The summed E-state index contributed by atoms with van der Waals surface area (Å²) in [5.41, 5.74) is 2.70. The molecule has 2 atom stereocenters. The van der Waals surface area contributed by atoms with E-state index in [1.165, 1.54) is 6.42 Å². The molecule has 0 spiro atoms. The second-order valence-corrected chi connectivity index (χ2v) is 5.03. The number of fused-ring (bicyclic) bond motifs is 2. The molecule has 0 saturated heterocycles. The van der Waals surface area contributed by atoms with Crippen LogP contribution in [0.1, 0.15) is 41.6 Å². The summed E-state index contributed by atoms with van der Waals surface area (Å²) >= 11 is 0. The lowest BCUT2D eigenvalue weighted by Gasteiger charge is -2.29.